The van der Waals surface area contributed by atoms with Crippen molar-refractivity contribution >= 4 is 11.8 Å². The molecule has 0 saturated carbocycles. The van der Waals surface area contributed by atoms with Crippen LogP contribution in [0.3, 0.4) is 0 Å². The van der Waals surface area contributed by atoms with E-state index in [2.05, 4.69) is 45.4 Å². The van der Waals surface area contributed by atoms with E-state index in [1.54, 1.807) is 0 Å². The van der Waals surface area contributed by atoms with Gasteiger partial charge in [0.25, 0.3) is 0 Å². The minimum absolute atomic E-state index is 0.0468. The second kappa shape index (κ2) is 11.1. The van der Waals surface area contributed by atoms with Crippen LogP contribution in [-0.4, -0.2) is 78.9 Å². The first-order valence-corrected chi connectivity index (χ1v) is 11.9. The standard InChI is InChI=1S/C25H40N4O2/c1-25(2,3)24(31)29-14-10-22(11-15-29)23(30)26-12-7-13-27-16-18-28(19-17-27)20-21-8-5-4-6-9-21/h4-6,8-9,22H,7,10-20H2,1-3H3,(H,26,30). The molecule has 0 aromatic heterocycles. The van der Waals surface area contributed by atoms with Crippen molar-refractivity contribution in [3.8, 4) is 0 Å². The molecule has 2 aliphatic heterocycles. The Kier molecular flexibility index (Phi) is 8.50. The highest BCUT2D eigenvalue weighted by atomic mass is 16.2. The van der Waals surface area contributed by atoms with Gasteiger partial charge in [0.05, 0.1) is 0 Å². The van der Waals surface area contributed by atoms with Gasteiger partial charge in [-0.15, -0.1) is 0 Å². The summed E-state index contributed by atoms with van der Waals surface area (Å²) in [7, 11) is 0. The number of amides is 2. The Morgan fingerprint density at radius 2 is 1.55 bits per heavy atom. The fraction of sp³-hybridized carbons (Fsp3) is 0.680. The Morgan fingerprint density at radius 1 is 0.935 bits per heavy atom. The summed E-state index contributed by atoms with van der Waals surface area (Å²) < 4.78 is 0. The van der Waals surface area contributed by atoms with E-state index >= 15 is 0 Å². The van der Waals surface area contributed by atoms with Crippen LogP contribution in [0.2, 0.25) is 0 Å². The van der Waals surface area contributed by atoms with Gasteiger partial charge in [-0.2, -0.15) is 0 Å². The molecule has 2 heterocycles. The van der Waals surface area contributed by atoms with E-state index in [9.17, 15) is 9.59 Å². The average molecular weight is 429 g/mol. The van der Waals surface area contributed by atoms with Crippen LogP contribution in [0.15, 0.2) is 30.3 Å². The number of carbonyl (C=O) groups excluding carboxylic acids is 2. The van der Waals surface area contributed by atoms with Gasteiger partial charge in [-0.25, -0.2) is 0 Å². The van der Waals surface area contributed by atoms with Crippen molar-refractivity contribution in [1.82, 2.24) is 20.0 Å². The Balaban J connectivity index is 1.26. The molecule has 31 heavy (non-hydrogen) atoms. The number of benzene rings is 1. The first kappa shape index (κ1) is 23.7. The second-order valence-corrected chi connectivity index (χ2v) is 10.1. The largest absolute Gasteiger partial charge is 0.356 e. The van der Waals surface area contributed by atoms with Crippen LogP contribution in [0.5, 0.6) is 0 Å². The molecule has 1 N–H and O–H groups in total. The minimum atomic E-state index is -0.345. The number of nitrogens with zero attached hydrogens (tertiary/aromatic N) is 3. The Labute approximate surface area is 188 Å². The molecule has 172 valence electrons. The molecule has 1 aromatic rings. The Morgan fingerprint density at radius 3 is 2.16 bits per heavy atom. The third-order valence-electron chi connectivity index (χ3n) is 6.46. The highest BCUT2D eigenvalue weighted by Gasteiger charge is 2.32. The molecule has 0 bridgehead atoms. The van der Waals surface area contributed by atoms with E-state index in [1.165, 1.54) is 5.56 Å². The van der Waals surface area contributed by atoms with Crippen LogP contribution in [0.1, 0.15) is 45.6 Å². The lowest BCUT2D eigenvalue weighted by Gasteiger charge is -2.35. The number of likely N-dealkylation sites (tertiary alicyclic amines) is 1. The van der Waals surface area contributed by atoms with Crippen LogP contribution in [0.4, 0.5) is 0 Å². The van der Waals surface area contributed by atoms with Crippen LogP contribution in [0.25, 0.3) is 0 Å². The quantitative estimate of drug-likeness (QED) is 0.679. The molecule has 2 fully saturated rings. The molecule has 0 radical (unpaired) electrons. The summed E-state index contributed by atoms with van der Waals surface area (Å²) in [6.07, 6.45) is 2.54. The molecule has 3 rings (SSSR count). The summed E-state index contributed by atoms with van der Waals surface area (Å²) in [5, 5.41) is 3.13. The zero-order valence-corrected chi connectivity index (χ0v) is 19.6. The zero-order chi connectivity index (χ0) is 22.3. The number of piperazine rings is 1. The van der Waals surface area contributed by atoms with Crippen molar-refractivity contribution in [1.29, 1.82) is 0 Å². The highest BCUT2D eigenvalue weighted by Crippen LogP contribution is 2.23. The van der Waals surface area contributed by atoms with Gasteiger partial charge in [-0.1, -0.05) is 51.1 Å². The van der Waals surface area contributed by atoms with Crippen LogP contribution >= 0.6 is 0 Å². The molecular weight excluding hydrogens is 388 g/mol. The number of rotatable bonds is 7. The summed E-state index contributed by atoms with van der Waals surface area (Å²) in [5.41, 5.74) is 1.04. The third-order valence-corrected chi connectivity index (χ3v) is 6.46. The van der Waals surface area contributed by atoms with Gasteiger partial charge in [0.15, 0.2) is 0 Å². The topological polar surface area (TPSA) is 55.9 Å². The third kappa shape index (κ3) is 7.32. The van der Waals surface area contributed by atoms with E-state index in [1.807, 2.05) is 25.7 Å². The van der Waals surface area contributed by atoms with Crippen molar-refractivity contribution in [2.75, 3.05) is 52.4 Å². The van der Waals surface area contributed by atoms with Crippen molar-refractivity contribution < 1.29 is 9.59 Å². The predicted molar refractivity (Wildman–Crippen MR) is 125 cm³/mol. The Hall–Kier alpha value is -1.92. The molecule has 1 aromatic carbocycles. The summed E-state index contributed by atoms with van der Waals surface area (Å²) in [6.45, 7) is 14.5. The number of nitrogens with one attached hydrogen (secondary N) is 1. The van der Waals surface area contributed by atoms with Gasteiger partial charge in [-0.05, 0) is 31.4 Å². The van der Waals surface area contributed by atoms with Crippen LogP contribution in [0, 0.1) is 11.3 Å². The number of hydrogen-bond donors (Lipinski definition) is 1. The van der Waals surface area contributed by atoms with Crippen molar-refractivity contribution in [2.45, 2.75) is 46.6 Å². The molecule has 0 spiro atoms. The molecule has 6 nitrogen and oxygen atoms in total. The first-order valence-electron chi connectivity index (χ1n) is 11.9. The van der Waals surface area contributed by atoms with E-state index in [0.29, 0.717) is 13.1 Å². The van der Waals surface area contributed by atoms with Gasteiger partial charge in [0, 0.05) is 63.7 Å². The lowest BCUT2D eigenvalue weighted by atomic mass is 9.90. The molecule has 2 aliphatic rings. The molecule has 0 aliphatic carbocycles. The maximum absolute atomic E-state index is 12.5. The van der Waals surface area contributed by atoms with Crippen LogP contribution in [-0.2, 0) is 16.1 Å². The van der Waals surface area contributed by atoms with E-state index in [0.717, 1.165) is 65.1 Å². The van der Waals surface area contributed by atoms with Gasteiger partial charge < -0.3 is 15.1 Å². The van der Waals surface area contributed by atoms with Gasteiger partial charge in [0.1, 0.15) is 0 Å². The van der Waals surface area contributed by atoms with E-state index < -0.39 is 0 Å². The lowest BCUT2D eigenvalue weighted by molar-refractivity contribution is -0.142. The van der Waals surface area contributed by atoms with Gasteiger partial charge >= 0.3 is 0 Å². The van der Waals surface area contributed by atoms with Crippen LogP contribution < -0.4 is 5.32 Å². The van der Waals surface area contributed by atoms with Crippen molar-refractivity contribution in [3.05, 3.63) is 35.9 Å². The monoisotopic (exact) mass is 428 g/mol. The number of piperidine rings is 1. The molecule has 2 amide bonds. The SMILES string of the molecule is CC(C)(C)C(=O)N1CCC(C(=O)NCCCN2CCN(Cc3ccccc3)CC2)CC1. The maximum Gasteiger partial charge on any atom is 0.227 e. The average Bonchev–Trinajstić information content (AvgIpc) is 2.77. The van der Waals surface area contributed by atoms with Crippen molar-refractivity contribution in [3.63, 3.8) is 0 Å². The summed E-state index contributed by atoms with van der Waals surface area (Å²) in [4.78, 5) is 31.8. The molecule has 0 unspecified atom stereocenters. The molecular formula is C25H40N4O2. The van der Waals surface area contributed by atoms with Gasteiger partial charge in [-0.3, -0.25) is 14.5 Å². The number of hydrogen-bond acceptors (Lipinski definition) is 4. The second-order valence-electron chi connectivity index (χ2n) is 10.1. The maximum atomic E-state index is 12.5. The summed E-state index contributed by atoms with van der Waals surface area (Å²) in [6, 6.07) is 10.7. The zero-order valence-electron chi connectivity index (χ0n) is 19.6. The fourth-order valence-corrected chi connectivity index (χ4v) is 4.49. The van der Waals surface area contributed by atoms with E-state index in [-0.39, 0.29) is 23.1 Å². The molecule has 6 heteroatoms. The first-order chi connectivity index (χ1) is 14.8. The smallest absolute Gasteiger partial charge is 0.227 e. The predicted octanol–water partition coefficient (Wildman–Crippen LogP) is 2.60. The normalized spacial score (nSPS) is 19.4. The summed E-state index contributed by atoms with van der Waals surface area (Å²) in [5.74, 6) is 0.399. The number of carbonyl (C=O) groups is 2. The van der Waals surface area contributed by atoms with E-state index in [4.69, 9.17) is 0 Å². The Bertz CT molecular complexity index is 700. The lowest BCUT2D eigenvalue weighted by Crippen LogP contribution is -2.47. The van der Waals surface area contributed by atoms with Crippen molar-refractivity contribution in [2.24, 2.45) is 11.3 Å². The minimum Gasteiger partial charge on any atom is -0.356 e. The highest BCUT2D eigenvalue weighted by molar-refractivity contribution is 5.82. The van der Waals surface area contributed by atoms with Gasteiger partial charge in [0.2, 0.25) is 11.8 Å². The summed E-state index contributed by atoms with van der Waals surface area (Å²) >= 11 is 0. The molecule has 0 atom stereocenters. The fourth-order valence-electron chi connectivity index (χ4n) is 4.49. The molecule has 2 saturated heterocycles.